The van der Waals surface area contributed by atoms with Crippen LogP contribution in [-0.2, 0) is 11.8 Å². The molecule has 4 nitrogen and oxygen atoms in total. The van der Waals surface area contributed by atoms with Crippen LogP contribution in [0.5, 0.6) is 0 Å². The number of carbonyl (C=O) groups excluding carboxylic acids is 1. The molecule has 5 heteroatoms. The van der Waals surface area contributed by atoms with E-state index in [1.54, 1.807) is 6.20 Å². The van der Waals surface area contributed by atoms with Crippen molar-refractivity contribution in [3.8, 4) is 0 Å². The van der Waals surface area contributed by atoms with Gasteiger partial charge >= 0.3 is 0 Å². The standard InChI is InChI=1S/C13H21N3OS/c1-3-11-6-4-5-8-16(11)12(17)10-18-13-14-7-9-15(13)2/h7,9,11H,3-6,8,10H2,1-2H3. The lowest BCUT2D eigenvalue weighted by atomic mass is 10.0. The third-order valence-electron chi connectivity index (χ3n) is 3.52. The van der Waals surface area contributed by atoms with Gasteiger partial charge in [-0.05, 0) is 25.7 Å². The molecule has 0 aromatic carbocycles. The monoisotopic (exact) mass is 267 g/mol. The summed E-state index contributed by atoms with van der Waals surface area (Å²) >= 11 is 1.53. The summed E-state index contributed by atoms with van der Waals surface area (Å²) in [5, 5.41) is 0.911. The van der Waals surface area contributed by atoms with Crippen LogP contribution in [0.3, 0.4) is 0 Å². The third-order valence-corrected chi connectivity index (χ3v) is 4.56. The minimum Gasteiger partial charge on any atom is -0.339 e. The molecule has 1 saturated heterocycles. The van der Waals surface area contributed by atoms with Crippen LogP contribution in [0.4, 0.5) is 0 Å². The largest absolute Gasteiger partial charge is 0.339 e. The number of aromatic nitrogens is 2. The van der Waals surface area contributed by atoms with Crippen LogP contribution in [0.15, 0.2) is 17.6 Å². The van der Waals surface area contributed by atoms with Crippen LogP contribution in [0.2, 0.25) is 0 Å². The first-order chi connectivity index (χ1) is 8.72. The molecule has 1 fully saturated rings. The highest BCUT2D eigenvalue weighted by molar-refractivity contribution is 7.99. The lowest BCUT2D eigenvalue weighted by Crippen LogP contribution is -2.44. The van der Waals surface area contributed by atoms with Gasteiger partial charge in [0.2, 0.25) is 5.91 Å². The minimum atomic E-state index is 0.259. The fourth-order valence-corrected chi connectivity index (χ4v) is 3.27. The molecule has 18 heavy (non-hydrogen) atoms. The van der Waals surface area contributed by atoms with Crippen molar-refractivity contribution in [2.24, 2.45) is 7.05 Å². The zero-order valence-electron chi connectivity index (χ0n) is 11.1. The summed E-state index contributed by atoms with van der Waals surface area (Å²) in [5.41, 5.74) is 0. The van der Waals surface area contributed by atoms with Gasteiger partial charge < -0.3 is 9.47 Å². The zero-order valence-corrected chi connectivity index (χ0v) is 11.9. The van der Waals surface area contributed by atoms with Crippen molar-refractivity contribution in [3.05, 3.63) is 12.4 Å². The second kappa shape index (κ2) is 6.27. The van der Waals surface area contributed by atoms with Crippen LogP contribution in [0, 0.1) is 0 Å². The maximum atomic E-state index is 12.2. The van der Waals surface area contributed by atoms with E-state index >= 15 is 0 Å². The Balaban J connectivity index is 1.89. The lowest BCUT2D eigenvalue weighted by Gasteiger charge is -2.35. The van der Waals surface area contributed by atoms with Crippen molar-refractivity contribution < 1.29 is 4.79 Å². The van der Waals surface area contributed by atoms with Gasteiger partial charge in [-0.2, -0.15) is 0 Å². The summed E-state index contributed by atoms with van der Waals surface area (Å²) in [6, 6.07) is 0.452. The molecule has 0 spiro atoms. The van der Waals surface area contributed by atoms with Crippen molar-refractivity contribution in [1.29, 1.82) is 0 Å². The Morgan fingerprint density at radius 3 is 3.06 bits per heavy atom. The Morgan fingerprint density at radius 1 is 1.56 bits per heavy atom. The SMILES string of the molecule is CCC1CCCCN1C(=O)CSc1nccn1C. The number of aryl methyl sites for hydroxylation is 1. The number of hydrogen-bond donors (Lipinski definition) is 0. The molecule has 100 valence electrons. The smallest absolute Gasteiger partial charge is 0.233 e. The topological polar surface area (TPSA) is 38.1 Å². The summed E-state index contributed by atoms with van der Waals surface area (Å²) in [4.78, 5) is 18.5. The van der Waals surface area contributed by atoms with Crippen LogP contribution < -0.4 is 0 Å². The van der Waals surface area contributed by atoms with Gasteiger partial charge in [0.15, 0.2) is 5.16 Å². The molecule has 0 radical (unpaired) electrons. The van der Waals surface area contributed by atoms with E-state index in [-0.39, 0.29) is 5.91 Å². The normalized spacial score (nSPS) is 20.1. The number of carbonyl (C=O) groups is 1. The van der Waals surface area contributed by atoms with Crippen molar-refractivity contribution in [2.45, 2.75) is 43.8 Å². The highest BCUT2D eigenvalue weighted by atomic mass is 32.2. The van der Waals surface area contributed by atoms with Crippen LogP contribution in [0.1, 0.15) is 32.6 Å². The van der Waals surface area contributed by atoms with Gasteiger partial charge in [-0.3, -0.25) is 4.79 Å². The Hall–Kier alpha value is -0.970. The Kier molecular flexibility index (Phi) is 4.69. The van der Waals surface area contributed by atoms with E-state index in [0.29, 0.717) is 11.8 Å². The third kappa shape index (κ3) is 3.07. The van der Waals surface area contributed by atoms with Crippen LogP contribution >= 0.6 is 11.8 Å². The maximum Gasteiger partial charge on any atom is 0.233 e. The number of hydrogen-bond acceptors (Lipinski definition) is 3. The number of rotatable bonds is 4. The van der Waals surface area contributed by atoms with Gasteiger partial charge in [0, 0.05) is 32.0 Å². The Morgan fingerprint density at radius 2 is 2.39 bits per heavy atom. The highest BCUT2D eigenvalue weighted by Crippen LogP contribution is 2.22. The molecule has 1 aromatic heterocycles. The van der Waals surface area contributed by atoms with E-state index in [4.69, 9.17) is 0 Å². The molecule has 1 unspecified atom stereocenters. The second-order valence-electron chi connectivity index (χ2n) is 4.75. The average molecular weight is 267 g/mol. The lowest BCUT2D eigenvalue weighted by molar-refractivity contribution is -0.132. The molecular formula is C13H21N3OS. The fourth-order valence-electron chi connectivity index (χ4n) is 2.45. The maximum absolute atomic E-state index is 12.2. The minimum absolute atomic E-state index is 0.259. The summed E-state index contributed by atoms with van der Waals surface area (Å²) in [5.74, 6) is 0.760. The Labute approximate surface area is 113 Å². The zero-order chi connectivity index (χ0) is 13.0. The second-order valence-corrected chi connectivity index (χ2v) is 5.70. The van der Waals surface area contributed by atoms with Crippen LogP contribution in [-0.4, -0.2) is 38.7 Å². The van der Waals surface area contributed by atoms with Crippen molar-refractivity contribution in [3.63, 3.8) is 0 Å². The summed E-state index contributed by atoms with van der Waals surface area (Å²) < 4.78 is 1.95. The summed E-state index contributed by atoms with van der Waals surface area (Å²) in [6.45, 7) is 3.10. The molecule has 1 aliphatic rings. The number of imidazole rings is 1. The molecule has 0 bridgehead atoms. The van der Waals surface area contributed by atoms with E-state index in [1.807, 2.05) is 17.8 Å². The fraction of sp³-hybridized carbons (Fsp3) is 0.692. The predicted octanol–water partition coefficient (Wildman–Crippen LogP) is 2.30. The summed E-state index contributed by atoms with van der Waals surface area (Å²) in [6.07, 6.45) is 8.31. The van der Waals surface area contributed by atoms with Crippen molar-refractivity contribution >= 4 is 17.7 Å². The van der Waals surface area contributed by atoms with E-state index < -0.39 is 0 Å². The van der Waals surface area contributed by atoms with Gasteiger partial charge in [0.05, 0.1) is 5.75 Å². The van der Waals surface area contributed by atoms with Crippen LogP contribution in [0.25, 0.3) is 0 Å². The molecule has 0 saturated carbocycles. The molecule has 1 amide bonds. The first-order valence-electron chi connectivity index (χ1n) is 6.62. The number of amides is 1. The quantitative estimate of drug-likeness (QED) is 0.786. The average Bonchev–Trinajstić information content (AvgIpc) is 2.81. The van der Waals surface area contributed by atoms with E-state index in [2.05, 4.69) is 16.8 Å². The van der Waals surface area contributed by atoms with E-state index in [1.165, 1.54) is 18.2 Å². The summed E-state index contributed by atoms with van der Waals surface area (Å²) in [7, 11) is 1.95. The molecule has 2 heterocycles. The number of nitrogens with zero attached hydrogens (tertiary/aromatic N) is 3. The number of thioether (sulfide) groups is 1. The molecule has 1 atom stereocenters. The number of piperidine rings is 1. The first kappa shape index (κ1) is 13.5. The van der Waals surface area contributed by atoms with E-state index in [9.17, 15) is 4.79 Å². The van der Waals surface area contributed by atoms with Crippen molar-refractivity contribution in [2.75, 3.05) is 12.3 Å². The van der Waals surface area contributed by atoms with Gasteiger partial charge in [-0.25, -0.2) is 4.98 Å². The molecular weight excluding hydrogens is 246 g/mol. The van der Waals surface area contributed by atoms with E-state index in [0.717, 1.165) is 31.0 Å². The highest BCUT2D eigenvalue weighted by Gasteiger charge is 2.25. The molecule has 0 aliphatic carbocycles. The predicted molar refractivity (Wildman–Crippen MR) is 73.6 cm³/mol. The Bertz CT molecular complexity index is 405. The van der Waals surface area contributed by atoms with Gasteiger partial charge in [0.25, 0.3) is 0 Å². The molecule has 1 aromatic rings. The van der Waals surface area contributed by atoms with Crippen molar-refractivity contribution in [1.82, 2.24) is 14.5 Å². The van der Waals surface area contributed by atoms with Gasteiger partial charge in [0.1, 0.15) is 0 Å². The molecule has 0 N–H and O–H groups in total. The molecule has 1 aliphatic heterocycles. The molecule has 2 rings (SSSR count). The van der Waals surface area contributed by atoms with Gasteiger partial charge in [-0.15, -0.1) is 0 Å². The first-order valence-corrected chi connectivity index (χ1v) is 7.60. The number of likely N-dealkylation sites (tertiary alicyclic amines) is 1. The van der Waals surface area contributed by atoms with Gasteiger partial charge in [-0.1, -0.05) is 18.7 Å².